The zero-order valence-corrected chi connectivity index (χ0v) is 30.0. The molecular weight excluding hydrogens is 577 g/mol. The Morgan fingerprint density at radius 2 is 1.35 bits per heavy atom. The minimum Gasteiger partial charge on any atom is -0.458 e. The number of fused-ring (bicyclic) bond motifs is 7. The van der Waals surface area contributed by atoms with Gasteiger partial charge in [0.2, 0.25) is 0 Å². The highest BCUT2D eigenvalue weighted by atomic mass is 32.1. The Labute approximate surface area is 279 Å². The fourth-order valence-corrected chi connectivity index (χ4v) is 9.37. The molecule has 0 fully saturated rings. The quantitative estimate of drug-likeness (QED) is 0.169. The Balaban J connectivity index is 1.43. The van der Waals surface area contributed by atoms with Crippen molar-refractivity contribution in [3.63, 3.8) is 0 Å². The second kappa shape index (κ2) is 9.54. The standard InChI is InChI=1S/C42H46BNOS/c1-39(2,3)25-14-17-27(18-15-25)44-32-12-11-13-33-36(32)43(38-37(44)28-22-26(40(4,5)6)16-19-35(28)46-38)31-23-29-30(24-34(31)45-33)42(9,10)21-20-41(29,7)8/h11-19,22-24H,20-21H2,1-10H3. The lowest BCUT2D eigenvalue weighted by molar-refractivity contribution is 0.330. The number of hydrogen-bond acceptors (Lipinski definition) is 3. The molecule has 3 heterocycles. The molecule has 1 aromatic heterocycles. The summed E-state index contributed by atoms with van der Waals surface area (Å²) in [6.45, 7) is 23.6. The van der Waals surface area contributed by atoms with Gasteiger partial charge in [0, 0.05) is 26.2 Å². The minimum atomic E-state index is 0.0602. The molecule has 4 heteroatoms. The predicted molar refractivity (Wildman–Crippen MR) is 200 cm³/mol. The SMILES string of the molecule is CC(C)(C)c1ccc(N2c3cccc4c3B(c3cc5c(cc3O4)C(C)(C)CCC5(C)C)c3sc4ccc(C(C)(C)C)cc4c32)cc1. The van der Waals surface area contributed by atoms with Gasteiger partial charge in [0.05, 0.1) is 5.69 Å². The first-order chi connectivity index (χ1) is 21.5. The molecular formula is C42H46BNOS. The summed E-state index contributed by atoms with van der Waals surface area (Å²) in [6.07, 6.45) is 2.39. The van der Waals surface area contributed by atoms with Gasteiger partial charge in [0.15, 0.2) is 0 Å². The Hall–Kier alpha value is -3.50. The third kappa shape index (κ3) is 4.35. The Bertz CT molecular complexity index is 2050. The van der Waals surface area contributed by atoms with Crippen molar-refractivity contribution in [2.75, 3.05) is 4.90 Å². The highest BCUT2D eigenvalue weighted by molar-refractivity contribution is 7.33. The molecule has 234 valence electrons. The van der Waals surface area contributed by atoms with Crippen LogP contribution in [0.4, 0.5) is 17.1 Å². The van der Waals surface area contributed by atoms with E-state index in [0.717, 1.165) is 11.5 Å². The van der Waals surface area contributed by atoms with Crippen LogP contribution in [0.15, 0.2) is 72.8 Å². The van der Waals surface area contributed by atoms with Crippen LogP contribution < -0.4 is 25.3 Å². The van der Waals surface area contributed by atoms with Crippen molar-refractivity contribution in [2.24, 2.45) is 0 Å². The highest BCUT2D eigenvalue weighted by Crippen LogP contribution is 2.50. The molecule has 5 aromatic rings. The Morgan fingerprint density at radius 3 is 2.00 bits per heavy atom. The number of rotatable bonds is 1. The summed E-state index contributed by atoms with van der Waals surface area (Å²) in [6, 6.07) is 28.0. The molecule has 46 heavy (non-hydrogen) atoms. The summed E-state index contributed by atoms with van der Waals surface area (Å²) in [5, 5.41) is 1.34. The molecule has 1 aliphatic carbocycles. The van der Waals surface area contributed by atoms with Gasteiger partial charge in [-0.15, -0.1) is 11.3 Å². The van der Waals surface area contributed by atoms with Crippen molar-refractivity contribution < 1.29 is 4.74 Å². The van der Waals surface area contributed by atoms with E-state index >= 15 is 0 Å². The first-order valence-corrected chi connectivity index (χ1v) is 17.8. The van der Waals surface area contributed by atoms with Gasteiger partial charge in [-0.05, 0) is 110 Å². The molecule has 0 bridgehead atoms. The molecule has 2 aliphatic heterocycles. The predicted octanol–water partition coefficient (Wildman–Crippen LogP) is 10.3. The molecule has 0 radical (unpaired) electrons. The summed E-state index contributed by atoms with van der Waals surface area (Å²) in [5.74, 6) is 2.01. The van der Waals surface area contributed by atoms with E-state index in [1.54, 1.807) is 0 Å². The van der Waals surface area contributed by atoms with E-state index in [9.17, 15) is 0 Å². The van der Waals surface area contributed by atoms with Crippen molar-refractivity contribution in [1.29, 1.82) is 0 Å². The van der Waals surface area contributed by atoms with Gasteiger partial charge >= 0.3 is 0 Å². The molecule has 4 aromatic carbocycles. The molecule has 0 unspecified atom stereocenters. The molecule has 2 nitrogen and oxygen atoms in total. The smallest absolute Gasteiger partial charge is 0.268 e. The van der Waals surface area contributed by atoms with E-state index in [4.69, 9.17) is 4.74 Å². The van der Waals surface area contributed by atoms with E-state index in [0.29, 0.717) is 0 Å². The molecule has 0 spiro atoms. The molecule has 0 saturated heterocycles. The number of anilines is 3. The Morgan fingerprint density at radius 1 is 0.717 bits per heavy atom. The highest BCUT2D eigenvalue weighted by Gasteiger charge is 2.46. The van der Waals surface area contributed by atoms with Crippen LogP contribution >= 0.6 is 11.3 Å². The summed E-state index contributed by atoms with van der Waals surface area (Å²) >= 11 is 1.97. The number of ether oxygens (including phenoxy) is 1. The lowest BCUT2D eigenvalue weighted by atomic mass is 9.36. The summed E-state index contributed by atoms with van der Waals surface area (Å²) in [5.41, 5.74) is 12.4. The van der Waals surface area contributed by atoms with E-state index in [2.05, 4.69) is 147 Å². The average molecular weight is 624 g/mol. The van der Waals surface area contributed by atoms with Crippen molar-refractivity contribution in [2.45, 2.75) is 104 Å². The second-order valence-corrected chi connectivity index (χ2v) is 18.4. The van der Waals surface area contributed by atoms with Crippen LogP contribution in [-0.4, -0.2) is 6.71 Å². The van der Waals surface area contributed by atoms with Gasteiger partial charge in [-0.1, -0.05) is 99.6 Å². The lowest BCUT2D eigenvalue weighted by Gasteiger charge is -2.44. The monoisotopic (exact) mass is 623 g/mol. The van der Waals surface area contributed by atoms with Crippen LogP contribution in [0.2, 0.25) is 0 Å². The second-order valence-electron chi connectivity index (χ2n) is 17.3. The first kappa shape index (κ1) is 29.9. The van der Waals surface area contributed by atoms with Crippen LogP contribution in [0, 0.1) is 0 Å². The van der Waals surface area contributed by atoms with Crippen molar-refractivity contribution >= 4 is 60.9 Å². The van der Waals surface area contributed by atoms with Gasteiger partial charge in [-0.3, -0.25) is 0 Å². The maximum Gasteiger partial charge on any atom is 0.268 e. The van der Waals surface area contributed by atoms with Crippen LogP contribution in [0.5, 0.6) is 11.5 Å². The minimum absolute atomic E-state index is 0.0602. The summed E-state index contributed by atoms with van der Waals surface area (Å²) in [7, 11) is 0. The maximum atomic E-state index is 6.93. The lowest BCUT2D eigenvalue weighted by Crippen LogP contribution is -2.59. The summed E-state index contributed by atoms with van der Waals surface area (Å²) < 4.78 is 9.69. The number of thiophene rings is 1. The fraction of sp³-hybridized carbons (Fsp3) is 0.381. The van der Waals surface area contributed by atoms with Crippen molar-refractivity contribution in [3.8, 4) is 11.5 Å². The molecule has 8 rings (SSSR count). The van der Waals surface area contributed by atoms with Gasteiger partial charge < -0.3 is 9.64 Å². The van der Waals surface area contributed by atoms with E-state index in [1.165, 1.54) is 77.9 Å². The maximum absolute atomic E-state index is 6.93. The van der Waals surface area contributed by atoms with Crippen LogP contribution in [0.3, 0.4) is 0 Å². The van der Waals surface area contributed by atoms with E-state index in [1.807, 2.05) is 11.3 Å². The zero-order chi connectivity index (χ0) is 32.6. The first-order valence-electron chi connectivity index (χ1n) is 17.0. The third-order valence-corrected chi connectivity index (χ3v) is 12.3. The third-order valence-electron chi connectivity index (χ3n) is 11.1. The van der Waals surface area contributed by atoms with E-state index < -0.39 is 0 Å². The normalized spacial score (nSPS) is 17.6. The number of nitrogens with zero attached hydrogens (tertiary/aromatic N) is 1. The number of benzene rings is 4. The van der Waals surface area contributed by atoms with Gasteiger partial charge in [-0.25, -0.2) is 0 Å². The topological polar surface area (TPSA) is 12.5 Å². The molecule has 0 amide bonds. The fourth-order valence-electron chi connectivity index (χ4n) is 8.07. The van der Waals surface area contributed by atoms with Crippen molar-refractivity contribution in [1.82, 2.24) is 0 Å². The largest absolute Gasteiger partial charge is 0.458 e. The molecule has 0 atom stereocenters. The van der Waals surface area contributed by atoms with Crippen LogP contribution in [0.25, 0.3) is 10.1 Å². The summed E-state index contributed by atoms with van der Waals surface area (Å²) in [4.78, 5) is 2.53. The number of hydrogen-bond donors (Lipinski definition) is 0. The van der Waals surface area contributed by atoms with Gasteiger partial charge in [0.25, 0.3) is 6.71 Å². The Kier molecular flexibility index (Phi) is 6.19. The van der Waals surface area contributed by atoms with E-state index in [-0.39, 0.29) is 28.4 Å². The average Bonchev–Trinajstić information content (AvgIpc) is 3.37. The molecule has 0 saturated carbocycles. The van der Waals surface area contributed by atoms with Crippen molar-refractivity contribution in [3.05, 3.63) is 95.1 Å². The van der Waals surface area contributed by atoms with Gasteiger partial charge in [0.1, 0.15) is 11.5 Å². The van der Waals surface area contributed by atoms with Crippen LogP contribution in [-0.2, 0) is 21.7 Å². The van der Waals surface area contributed by atoms with Crippen LogP contribution in [0.1, 0.15) is 104 Å². The zero-order valence-electron chi connectivity index (χ0n) is 29.2. The molecule has 3 aliphatic rings. The molecule has 0 N–H and O–H groups in total. The van der Waals surface area contributed by atoms with Gasteiger partial charge in [-0.2, -0.15) is 0 Å².